The first-order valence-corrected chi connectivity index (χ1v) is 5.11. The molecule has 0 aliphatic heterocycles. The standard InChI is InChI=1S/C10H2F11NO/c11-2-1-3(12)5(14)6(4(2)13)22-7(23)8(15,9(16,17)18)10(19,20)21/h1H,(H,22,23). The Kier molecular flexibility index (Phi) is 4.56. The van der Waals surface area contributed by atoms with Crippen LogP contribution in [0.4, 0.5) is 54.0 Å². The number of hydrogen-bond donors (Lipinski definition) is 1. The maximum Gasteiger partial charge on any atom is 0.441 e. The van der Waals surface area contributed by atoms with Gasteiger partial charge in [0.15, 0.2) is 23.3 Å². The Hall–Kier alpha value is -2.08. The summed E-state index contributed by atoms with van der Waals surface area (Å²) in [5.41, 5.74) is -8.91. The summed E-state index contributed by atoms with van der Waals surface area (Å²) in [5.74, 6) is -13.2. The van der Waals surface area contributed by atoms with Crippen molar-refractivity contribution in [3.05, 3.63) is 29.3 Å². The fourth-order valence-corrected chi connectivity index (χ4v) is 1.30. The summed E-state index contributed by atoms with van der Waals surface area (Å²) in [6.45, 7) is 0. The average molecular weight is 361 g/mol. The third-order valence-corrected chi connectivity index (χ3v) is 2.44. The van der Waals surface area contributed by atoms with Crippen molar-refractivity contribution in [1.29, 1.82) is 0 Å². The van der Waals surface area contributed by atoms with Gasteiger partial charge >= 0.3 is 18.0 Å². The molecule has 0 aliphatic rings. The Bertz CT molecular complexity index is 593. The summed E-state index contributed by atoms with van der Waals surface area (Å²) in [4.78, 5) is 11.0. The zero-order valence-electron chi connectivity index (χ0n) is 10.1. The smallest absolute Gasteiger partial charge is 0.318 e. The van der Waals surface area contributed by atoms with Gasteiger partial charge in [-0.25, -0.2) is 22.0 Å². The maximum absolute atomic E-state index is 13.3. The third kappa shape index (κ3) is 3.03. The molecule has 0 bridgehead atoms. The first-order chi connectivity index (χ1) is 10.1. The van der Waals surface area contributed by atoms with E-state index in [-0.39, 0.29) is 5.32 Å². The Labute approximate surface area is 118 Å². The Morgan fingerprint density at radius 3 is 1.43 bits per heavy atom. The van der Waals surface area contributed by atoms with Crippen LogP contribution in [0, 0.1) is 23.3 Å². The molecular weight excluding hydrogens is 359 g/mol. The molecule has 13 heteroatoms. The van der Waals surface area contributed by atoms with Crippen LogP contribution in [-0.4, -0.2) is 23.9 Å². The van der Waals surface area contributed by atoms with Crippen LogP contribution in [0.5, 0.6) is 0 Å². The highest BCUT2D eigenvalue weighted by atomic mass is 19.4. The van der Waals surface area contributed by atoms with Crippen molar-refractivity contribution in [3.8, 4) is 0 Å². The van der Waals surface area contributed by atoms with Crippen molar-refractivity contribution in [3.63, 3.8) is 0 Å². The van der Waals surface area contributed by atoms with E-state index >= 15 is 0 Å². The lowest BCUT2D eigenvalue weighted by molar-refractivity contribution is -0.324. The van der Waals surface area contributed by atoms with Gasteiger partial charge in [-0.15, -0.1) is 0 Å². The zero-order chi connectivity index (χ0) is 18.4. The highest BCUT2D eigenvalue weighted by Crippen LogP contribution is 2.47. The summed E-state index contributed by atoms with van der Waals surface area (Å²) in [7, 11) is 0. The van der Waals surface area contributed by atoms with Gasteiger partial charge in [-0.1, -0.05) is 0 Å². The number of anilines is 1. The van der Waals surface area contributed by atoms with Crippen molar-refractivity contribution < 1.29 is 53.1 Å². The lowest BCUT2D eigenvalue weighted by Gasteiger charge is -2.28. The predicted octanol–water partition coefficient (Wildman–Crippen LogP) is 4.01. The minimum atomic E-state index is -6.87. The summed E-state index contributed by atoms with van der Waals surface area (Å²) < 4.78 is 138. The van der Waals surface area contributed by atoms with E-state index in [1.54, 1.807) is 0 Å². The van der Waals surface area contributed by atoms with E-state index in [0.717, 1.165) is 0 Å². The van der Waals surface area contributed by atoms with Crippen LogP contribution in [0.15, 0.2) is 6.07 Å². The van der Waals surface area contributed by atoms with Crippen LogP contribution in [0.25, 0.3) is 0 Å². The van der Waals surface area contributed by atoms with Crippen molar-refractivity contribution >= 4 is 11.6 Å². The molecule has 0 aromatic heterocycles. The number of halogens is 11. The Balaban J connectivity index is 3.42. The summed E-state index contributed by atoms with van der Waals surface area (Å²) in [5, 5.41) is 0.230. The van der Waals surface area contributed by atoms with E-state index in [0.29, 0.717) is 0 Å². The number of benzene rings is 1. The molecule has 0 spiro atoms. The number of amides is 1. The molecule has 0 aliphatic carbocycles. The minimum absolute atomic E-state index is 0.230. The van der Waals surface area contributed by atoms with Gasteiger partial charge < -0.3 is 5.32 Å². The number of alkyl halides is 7. The highest BCUT2D eigenvalue weighted by Gasteiger charge is 2.77. The van der Waals surface area contributed by atoms with E-state index in [9.17, 15) is 53.1 Å². The topological polar surface area (TPSA) is 29.1 Å². The fourth-order valence-electron chi connectivity index (χ4n) is 1.30. The lowest BCUT2D eigenvalue weighted by atomic mass is 10.0. The molecule has 23 heavy (non-hydrogen) atoms. The highest BCUT2D eigenvalue weighted by molar-refractivity contribution is 5.98. The second kappa shape index (κ2) is 5.53. The minimum Gasteiger partial charge on any atom is -0.318 e. The second-order valence-electron chi connectivity index (χ2n) is 3.95. The van der Waals surface area contributed by atoms with Crippen molar-refractivity contribution in [2.75, 3.05) is 5.32 Å². The molecule has 0 atom stereocenters. The second-order valence-corrected chi connectivity index (χ2v) is 3.95. The Morgan fingerprint density at radius 2 is 1.13 bits per heavy atom. The third-order valence-electron chi connectivity index (χ3n) is 2.44. The van der Waals surface area contributed by atoms with E-state index in [1.165, 1.54) is 0 Å². The molecule has 1 rings (SSSR count). The maximum atomic E-state index is 13.3. The van der Waals surface area contributed by atoms with E-state index < -0.39 is 59.0 Å². The zero-order valence-corrected chi connectivity index (χ0v) is 10.1. The summed E-state index contributed by atoms with van der Waals surface area (Å²) in [6.07, 6.45) is -13.7. The largest absolute Gasteiger partial charge is 0.441 e. The number of rotatable bonds is 2. The number of hydrogen-bond acceptors (Lipinski definition) is 1. The molecule has 2 nitrogen and oxygen atoms in total. The summed E-state index contributed by atoms with van der Waals surface area (Å²) >= 11 is 0. The lowest BCUT2D eigenvalue weighted by Crippen LogP contribution is -2.61. The van der Waals surface area contributed by atoms with Gasteiger partial charge in [-0.3, -0.25) is 4.79 Å². The van der Waals surface area contributed by atoms with Gasteiger partial charge in [0.05, 0.1) is 0 Å². The molecule has 1 amide bonds. The first kappa shape index (κ1) is 19.0. The molecule has 130 valence electrons. The van der Waals surface area contributed by atoms with Crippen LogP contribution in [0.3, 0.4) is 0 Å². The van der Waals surface area contributed by atoms with E-state index in [1.807, 2.05) is 0 Å². The van der Waals surface area contributed by atoms with Crippen LogP contribution < -0.4 is 5.32 Å². The molecule has 0 radical (unpaired) electrons. The fraction of sp³-hybridized carbons (Fsp3) is 0.300. The first-order valence-electron chi connectivity index (χ1n) is 5.11. The molecule has 0 saturated carbocycles. The normalized spacial score (nSPS) is 13.2. The van der Waals surface area contributed by atoms with Crippen LogP contribution in [0.1, 0.15) is 0 Å². The molecule has 0 heterocycles. The quantitative estimate of drug-likeness (QED) is 0.626. The number of nitrogens with one attached hydrogen (secondary N) is 1. The van der Waals surface area contributed by atoms with Crippen molar-refractivity contribution in [2.24, 2.45) is 0 Å². The molecule has 1 aromatic carbocycles. The molecular formula is C10H2F11NO. The number of carbonyl (C=O) groups is 1. The van der Waals surface area contributed by atoms with Gasteiger partial charge in [0, 0.05) is 6.07 Å². The molecule has 0 saturated heterocycles. The van der Waals surface area contributed by atoms with Crippen molar-refractivity contribution in [2.45, 2.75) is 18.0 Å². The Morgan fingerprint density at radius 1 is 0.783 bits per heavy atom. The van der Waals surface area contributed by atoms with Gasteiger partial charge in [-0.2, -0.15) is 26.3 Å². The molecule has 0 fully saturated rings. The predicted molar refractivity (Wildman–Crippen MR) is 50.9 cm³/mol. The monoisotopic (exact) mass is 361 g/mol. The van der Waals surface area contributed by atoms with E-state index in [4.69, 9.17) is 0 Å². The molecule has 0 unspecified atom stereocenters. The van der Waals surface area contributed by atoms with Crippen LogP contribution in [0.2, 0.25) is 0 Å². The van der Waals surface area contributed by atoms with Gasteiger partial charge in [0.1, 0.15) is 5.69 Å². The van der Waals surface area contributed by atoms with Crippen LogP contribution in [-0.2, 0) is 4.79 Å². The van der Waals surface area contributed by atoms with Gasteiger partial charge in [-0.05, 0) is 0 Å². The van der Waals surface area contributed by atoms with Gasteiger partial charge in [0.2, 0.25) is 0 Å². The van der Waals surface area contributed by atoms with Crippen molar-refractivity contribution in [1.82, 2.24) is 0 Å². The van der Waals surface area contributed by atoms with E-state index in [2.05, 4.69) is 0 Å². The average Bonchev–Trinajstić information content (AvgIpc) is 2.37. The molecule has 1 aromatic rings. The molecule has 1 N–H and O–H groups in total. The SMILES string of the molecule is O=C(Nc1c(F)c(F)cc(F)c1F)C(F)(C(F)(F)F)C(F)(F)F. The van der Waals surface area contributed by atoms with Crippen LogP contribution >= 0.6 is 0 Å². The number of carbonyl (C=O) groups excluding carboxylic acids is 1. The van der Waals surface area contributed by atoms with Gasteiger partial charge in [0.25, 0.3) is 5.91 Å². The summed E-state index contributed by atoms with van der Waals surface area (Å²) in [6, 6.07) is -0.434.